The summed E-state index contributed by atoms with van der Waals surface area (Å²) in [7, 11) is -3.52. The number of rotatable bonds is 4. The molecule has 1 aromatic carbocycles. The Morgan fingerprint density at radius 3 is 2.32 bits per heavy atom. The Bertz CT molecular complexity index is 665. The number of nitrogens with zero attached hydrogens (tertiary/aromatic N) is 1. The molecule has 0 aliphatic heterocycles. The number of hydrogen-bond donors (Lipinski definition) is 1. The van der Waals surface area contributed by atoms with Gasteiger partial charge in [0, 0.05) is 12.2 Å². The maximum absolute atomic E-state index is 12.5. The number of benzene rings is 1. The molecule has 102 valence electrons. The van der Waals surface area contributed by atoms with Gasteiger partial charge in [-0.2, -0.15) is 0 Å². The van der Waals surface area contributed by atoms with Gasteiger partial charge in [0.25, 0.3) is 10.0 Å². The fourth-order valence-corrected chi connectivity index (χ4v) is 5.27. The number of sulfonamides is 1. The first kappa shape index (κ1) is 14.4. The highest BCUT2D eigenvalue weighted by atomic mass is 79.9. The van der Waals surface area contributed by atoms with Crippen LogP contribution in [0.2, 0.25) is 0 Å². The highest BCUT2D eigenvalue weighted by molar-refractivity contribution is 9.11. The predicted molar refractivity (Wildman–Crippen MR) is 83.1 cm³/mol. The molecule has 0 fully saturated rings. The molecule has 0 saturated heterocycles. The van der Waals surface area contributed by atoms with Crippen LogP contribution in [-0.2, 0) is 10.0 Å². The maximum Gasteiger partial charge on any atom is 0.273 e. The molecule has 1 aromatic heterocycles. The first-order valence-corrected chi connectivity index (χ1v) is 8.63. The summed E-state index contributed by atoms with van der Waals surface area (Å²) >= 11 is 4.48. The Labute approximate surface area is 125 Å². The predicted octanol–water partition coefficient (Wildman–Crippen LogP) is 3.31. The third-order valence-corrected chi connectivity index (χ3v) is 6.56. The monoisotopic (exact) mass is 360 g/mol. The van der Waals surface area contributed by atoms with E-state index in [0.29, 0.717) is 22.1 Å². The van der Waals surface area contributed by atoms with Crippen molar-refractivity contribution in [3.8, 4) is 0 Å². The Balaban J connectivity index is 2.44. The van der Waals surface area contributed by atoms with Crippen molar-refractivity contribution in [2.45, 2.75) is 11.1 Å². The first-order valence-electron chi connectivity index (χ1n) is 5.58. The van der Waals surface area contributed by atoms with Crippen LogP contribution >= 0.6 is 27.3 Å². The Kier molecular flexibility index (Phi) is 4.17. The average molecular weight is 361 g/mol. The molecule has 0 spiro atoms. The molecule has 4 nitrogen and oxygen atoms in total. The molecule has 2 aromatic rings. The third-order valence-electron chi connectivity index (χ3n) is 2.56. The van der Waals surface area contributed by atoms with Gasteiger partial charge in [-0.1, -0.05) is 0 Å². The van der Waals surface area contributed by atoms with E-state index in [2.05, 4.69) is 15.9 Å². The summed E-state index contributed by atoms with van der Waals surface area (Å²) in [5, 5.41) is 0. The van der Waals surface area contributed by atoms with Gasteiger partial charge < -0.3 is 5.73 Å². The van der Waals surface area contributed by atoms with E-state index in [0.717, 1.165) is 3.79 Å². The largest absolute Gasteiger partial charge is 0.399 e. The van der Waals surface area contributed by atoms with Crippen molar-refractivity contribution in [1.82, 2.24) is 0 Å². The minimum absolute atomic E-state index is 0.318. The van der Waals surface area contributed by atoms with Crippen molar-refractivity contribution in [1.29, 1.82) is 0 Å². The molecule has 0 aliphatic carbocycles. The van der Waals surface area contributed by atoms with Crippen molar-refractivity contribution < 1.29 is 8.42 Å². The minimum Gasteiger partial charge on any atom is -0.399 e. The van der Waals surface area contributed by atoms with Gasteiger partial charge >= 0.3 is 0 Å². The molecule has 7 heteroatoms. The highest BCUT2D eigenvalue weighted by Gasteiger charge is 2.25. The summed E-state index contributed by atoms with van der Waals surface area (Å²) in [5.41, 5.74) is 6.84. The first-order chi connectivity index (χ1) is 8.95. The van der Waals surface area contributed by atoms with Crippen LogP contribution in [0.1, 0.15) is 6.92 Å². The molecule has 0 aliphatic rings. The minimum atomic E-state index is -3.52. The fourth-order valence-electron chi connectivity index (χ4n) is 1.68. The molecule has 2 rings (SSSR count). The van der Waals surface area contributed by atoms with Crippen LogP contribution in [0, 0.1) is 0 Å². The summed E-state index contributed by atoms with van der Waals surface area (Å²) in [6, 6.07) is 10.1. The molecule has 1 heterocycles. The molecular weight excluding hydrogens is 348 g/mol. The zero-order chi connectivity index (χ0) is 14.0. The van der Waals surface area contributed by atoms with E-state index in [1.807, 2.05) is 0 Å². The second-order valence-corrected chi connectivity index (χ2v) is 8.37. The molecule has 0 amide bonds. The van der Waals surface area contributed by atoms with Crippen LogP contribution in [0.5, 0.6) is 0 Å². The molecule has 0 radical (unpaired) electrons. The number of hydrogen-bond acceptors (Lipinski definition) is 4. The fraction of sp³-hybridized carbons (Fsp3) is 0.167. The van der Waals surface area contributed by atoms with Gasteiger partial charge in [0.05, 0.1) is 9.47 Å². The summed E-state index contributed by atoms with van der Waals surface area (Å²) < 4.78 is 27.6. The number of anilines is 2. The van der Waals surface area contributed by atoms with E-state index in [9.17, 15) is 8.42 Å². The smallest absolute Gasteiger partial charge is 0.273 e. The van der Waals surface area contributed by atoms with E-state index in [1.165, 1.54) is 15.6 Å². The van der Waals surface area contributed by atoms with Crippen molar-refractivity contribution in [2.75, 3.05) is 16.6 Å². The molecular formula is C12H13BrN2O2S2. The van der Waals surface area contributed by atoms with Gasteiger partial charge in [-0.15, -0.1) is 11.3 Å². The normalized spacial score (nSPS) is 11.5. The molecule has 0 unspecified atom stereocenters. The second-order valence-electron chi connectivity index (χ2n) is 3.82. The number of nitrogens with two attached hydrogens (primary N) is 1. The third kappa shape index (κ3) is 2.93. The molecule has 19 heavy (non-hydrogen) atoms. The van der Waals surface area contributed by atoms with Crippen molar-refractivity contribution in [3.05, 3.63) is 40.2 Å². The quantitative estimate of drug-likeness (QED) is 0.850. The summed E-state index contributed by atoms with van der Waals surface area (Å²) in [5.74, 6) is 0. The van der Waals surface area contributed by atoms with Crippen LogP contribution < -0.4 is 10.0 Å². The average Bonchev–Trinajstić information content (AvgIpc) is 2.80. The van der Waals surface area contributed by atoms with Gasteiger partial charge in [0.1, 0.15) is 4.21 Å². The highest BCUT2D eigenvalue weighted by Crippen LogP contribution is 2.31. The van der Waals surface area contributed by atoms with Crippen molar-refractivity contribution in [2.24, 2.45) is 0 Å². The Morgan fingerprint density at radius 1 is 1.21 bits per heavy atom. The lowest BCUT2D eigenvalue weighted by molar-refractivity contribution is 0.594. The van der Waals surface area contributed by atoms with Gasteiger partial charge in [0.15, 0.2) is 0 Å². The van der Waals surface area contributed by atoms with Gasteiger partial charge in [-0.25, -0.2) is 8.42 Å². The van der Waals surface area contributed by atoms with E-state index in [1.54, 1.807) is 43.3 Å². The summed E-state index contributed by atoms with van der Waals surface area (Å²) in [6.45, 7) is 2.17. The van der Waals surface area contributed by atoms with Crippen LogP contribution in [0.4, 0.5) is 11.4 Å². The number of thiophene rings is 1. The molecule has 0 bridgehead atoms. The van der Waals surface area contributed by atoms with Crippen molar-refractivity contribution >= 4 is 48.7 Å². The molecule has 0 atom stereocenters. The van der Waals surface area contributed by atoms with Crippen molar-refractivity contribution in [3.63, 3.8) is 0 Å². The summed E-state index contributed by atoms with van der Waals surface area (Å²) in [4.78, 5) is 0. The Morgan fingerprint density at radius 2 is 1.84 bits per heavy atom. The Hall–Kier alpha value is -1.05. The lowest BCUT2D eigenvalue weighted by atomic mass is 10.3. The van der Waals surface area contributed by atoms with Gasteiger partial charge in [-0.05, 0) is 59.3 Å². The topological polar surface area (TPSA) is 63.4 Å². The van der Waals surface area contributed by atoms with Crippen LogP contribution in [0.25, 0.3) is 0 Å². The molecule has 0 saturated carbocycles. The number of nitrogen functional groups attached to an aromatic ring is 1. The van der Waals surface area contributed by atoms with E-state index in [-0.39, 0.29) is 0 Å². The number of halogens is 1. The lowest BCUT2D eigenvalue weighted by Gasteiger charge is -2.22. The van der Waals surface area contributed by atoms with Crippen LogP contribution in [0.15, 0.2) is 44.4 Å². The van der Waals surface area contributed by atoms with Crippen LogP contribution in [-0.4, -0.2) is 15.0 Å². The lowest BCUT2D eigenvalue weighted by Crippen LogP contribution is -2.30. The van der Waals surface area contributed by atoms with E-state index < -0.39 is 10.0 Å². The van der Waals surface area contributed by atoms with Crippen LogP contribution in [0.3, 0.4) is 0 Å². The SMILES string of the molecule is CCN(c1ccc(N)cc1)S(=O)(=O)c1ccc(Br)s1. The zero-order valence-corrected chi connectivity index (χ0v) is 13.4. The van der Waals surface area contributed by atoms with E-state index in [4.69, 9.17) is 5.73 Å². The van der Waals surface area contributed by atoms with E-state index >= 15 is 0 Å². The molecule has 2 N–H and O–H groups in total. The second kappa shape index (κ2) is 5.52. The standard InChI is InChI=1S/C12H13BrN2O2S2/c1-2-15(10-5-3-9(14)4-6-10)19(16,17)12-8-7-11(13)18-12/h3-8H,2,14H2,1H3. The maximum atomic E-state index is 12.5. The van der Waals surface area contributed by atoms with Gasteiger partial charge in [0.2, 0.25) is 0 Å². The summed E-state index contributed by atoms with van der Waals surface area (Å²) in [6.07, 6.45) is 0. The van der Waals surface area contributed by atoms with Gasteiger partial charge in [-0.3, -0.25) is 4.31 Å². The zero-order valence-electron chi connectivity index (χ0n) is 10.2.